The molecule has 1 aromatic carbocycles. The minimum Gasteiger partial charge on any atom is -0.469 e. The highest BCUT2D eigenvalue weighted by Crippen LogP contribution is 2.30. The second-order valence-corrected chi connectivity index (χ2v) is 8.34. The summed E-state index contributed by atoms with van der Waals surface area (Å²) in [4.78, 5) is 12.6. The van der Waals surface area contributed by atoms with Crippen LogP contribution in [0.5, 0.6) is 0 Å². The fourth-order valence-corrected chi connectivity index (χ4v) is 4.15. The van der Waals surface area contributed by atoms with Gasteiger partial charge in [0.15, 0.2) is 11.0 Å². The highest BCUT2D eigenvalue weighted by atomic mass is 79.9. The van der Waals surface area contributed by atoms with Crippen LogP contribution < -0.4 is 5.32 Å². The Balaban J connectivity index is 1.76. The number of anilines is 1. The number of nitrogens with zero attached hydrogens (tertiary/aromatic N) is 3. The fourth-order valence-electron chi connectivity index (χ4n) is 2.64. The first kappa shape index (κ1) is 19.7. The molecule has 8 heteroatoms. The maximum atomic E-state index is 12.6. The Morgan fingerprint density at radius 1 is 1.33 bits per heavy atom. The summed E-state index contributed by atoms with van der Waals surface area (Å²) in [7, 11) is 0. The number of amides is 1. The minimum atomic E-state index is -0.328. The smallest absolute Gasteiger partial charge is 0.237 e. The van der Waals surface area contributed by atoms with E-state index >= 15 is 0 Å². The number of furan rings is 1. The van der Waals surface area contributed by atoms with E-state index in [0.717, 1.165) is 32.9 Å². The summed E-state index contributed by atoms with van der Waals surface area (Å²) < 4.78 is 8.23. The average molecular weight is 449 g/mol. The van der Waals surface area contributed by atoms with Crippen LogP contribution in [0.25, 0.3) is 11.4 Å². The van der Waals surface area contributed by atoms with E-state index in [4.69, 9.17) is 4.42 Å². The van der Waals surface area contributed by atoms with Gasteiger partial charge in [0.2, 0.25) is 5.91 Å². The first-order valence-electron chi connectivity index (χ1n) is 8.62. The number of thioether (sulfide) groups is 1. The van der Waals surface area contributed by atoms with Gasteiger partial charge in [-0.25, -0.2) is 0 Å². The number of benzene rings is 1. The molecular weight excluding hydrogens is 428 g/mol. The molecule has 2 heterocycles. The van der Waals surface area contributed by atoms with E-state index in [9.17, 15) is 4.79 Å². The Labute approximate surface area is 170 Å². The quantitative estimate of drug-likeness (QED) is 0.533. The largest absolute Gasteiger partial charge is 0.469 e. The van der Waals surface area contributed by atoms with E-state index in [1.807, 2.05) is 56.5 Å². The maximum Gasteiger partial charge on any atom is 0.237 e. The van der Waals surface area contributed by atoms with Crippen LogP contribution in [0.1, 0.15) is 25.2 Å². The second kappa shape index (κ2) is 8.31. The van der Waals surface area contributed by atoms with E-state index in [0.29, 0.717) is 11.7 Å². The lowest BCUT2D eigenvalue weighted by Crippen LogP contribution is -2.23. The highest BCUT2D eigenvalue weighted by molar-refractivity contribution is 9.10. The van der Waals surface area contributed by atoms with Crippen molar-refractivity contribution >= 4 is 39.3 Å². The lowest BCUT2D eigenvalue weighted by atomic mass is 10.2. The predicted octanol–water partition coefficient (Wildman–Crippen LogP) is 5.06. The summed E-state index contributed by atoms with van der Waals surface area (Å²) in [5.41, 5.74) is 2.79. The monoisotopic (exact) mass is 448 g/mol. The van der Waals surface area contributed by atoms with Crippen LogP contribution >= 0.6 is 27.7 Å². The zero-order valence-electron chi connectivity index (χ0n) is 15.6. The van der Waals surface area contributed by atoms with Crippen LogP contribution in [-0.2, 0) is 11.3 Å². The van der Waals surface area contributed by atoms with Crippen LogP contribution in [0.3, 0.4) is 0 Å². The Kier molecular flexibility index (Phi) is 6.06. The van der Waals surface area contributed by atoms with E-state index in [1.165, 1.54) is 11.8 Å². The number of halogens is 1. The molecule has 0 spiro atoms. The van der Waals surface area contributed by atoms with Crippen molar-refractivity contribution in [2.75, 3.05) is 5.32 Å². The molecule has 142 valence electrons. The number of aryl methyl sites for hydroxylation is 2. The SMILES string of the molecule is CCn1c(SC(C)C(=O)Nc2ccc(C)cc2Br)nnc1-c1ccoc1C. The summed E-state index contributed by atoms with van der Waals surface area (Å²) in [5.74, 6) is 1.46. The fraction of sp³-hybridized carbons (Fsp3) is 0.316. The molecule has 27 heavy (non-hydrogen) atoms. The van der Waals surface area contributed by atoms with E-state index in [-0.39, 0.29) is 11.2 Å². The van der Waals surface area contributed by atoms with Crippen LogP contribution in [0, 0.1) is 13.8 Å². The normalized spacial score (nSPS) is 12.2. The average Bonchev–Trinajstić information content (AvgIpc) is 3.22. The number of hydrogen-bond donors (Lipinski definition) is 1. The van der Waals surface area contributed by atoms with Crippen molar-refractivity contribution in [2.45, 2.75) is 44.6 Å². The van der Waals surface area contributed by atoms with Crippen molar-refractivity contribution in [3.63, 3.8) is 0 Å². The molecule has 0 fully saturated rings. The van der Waals surface area contributed by atoms with Crippen LogP contribution in [0.2, 0.25) is 0 Å². The molecule has 0 bridgehead atoms. The molecule has 3 aromatic rings. The summed E-state index contributed by atoms with van der Waals surface area (Å²) in [6.45, 7) is 8.49. The van der Waals surface area contributed by atoms with Crippen LogP contribution in [-0.4, -0.2) is 25.9 Å². The minimum absolute atomic E-state index is 0.0868. The van der Waals surface area contributed by atoms with Crippen LogP contribution in [0.15, 0.2) is 44.6 Å². The molecule has 0 radical (unpaired) electrons. The molecule has 0 aliphatic heterocycles. The molecule has 0 saturated carbocycles. The Hall–Kier alpha value is -2.06. The van der Waals surface area contributed by atoms with Crippen molar-refractivity contribution in [3.05, 3.63) is 46.3 Å². The highest BCUT2D eigenvalue weighted by Gasteiger charge is 2.22. The van der Waals surface area contributed by atoms with Gasteiger partial charge in [0.25, 0.3) is 0 Å². The van der Waals surface area contributed by atoms with Gasteiger partial charge in [0, 0.05) is 11.0 Å². The van der Waals surface area contributed by atoms with E-state index in [1.54, 1.807) is 6.26 Å². The molecule has 1 atom stereocenters. The lowest BCUT2D eigenvalue weighted by Gasteiger charge is -2.14. The maximum absolute atomic E-state index is 12.6. The summed E-state index contributed by atoms with van der Waals surface area (Å²) in [5, 5.41) is 11.9. The van der Waals surface area contributed by atoms with Crippen molar-refractivity contribution in [1.29, 1.82) is 0 Å². The van der Waals surface area contributed by atoms with Gasteiger partial charge < -0.3 is 14.3 Å². The molecule has 0 saturated heterocycles. The van der Waals surface area contributed by atoms with Gasteiger partial charge in [0.1, 0.15) is 5.76 Å². The number of hydrogen-bond acceptors (Lipinski definition) is 5. The van der Waals surface area contributed by atoms with Gasteiger partial charge in [-0.2, -0.15) is 0 Å². The Morgan fingerprint density at radius 3 is 2.74 bits per heavy atom. The summed E-state index contributed by atoms with van der Waals surface area (Å²) >= 11 is 4.88. The zero-order valence-corrected chi connectivity index (χ0v) is 18.0. The van der Waals surface area contributed by atoms with Crippen LogP contribution in [0.4, 0.5) is 5.69 Å². The topological polar surface area (TPSA) is 73.0 Å². The van der Waals surface area contributed by atoms with E-state index < -0.39 is 0 Å². The molecule has 3 rings (SSSR count). The number of nitrogens with one attached hydrogen (secondary N) is 1. The standard InChI is InChI=1S/C19H21BrN4O2S/c1-5-24-17(14-8-9-26-12(14)3)22-23-19(24)27-13(4)18(25)21-16-7-6-11(2)10-15(16)20/h6-10,13H,5H2,1-4H3,(H,21,25). The molecular formula is C19H21BrN4O2S. The number of aromatic nitrogens is 3. The van der Waals surface area contributed by atoms with Gasteiger partial charge in [0.05, 0.1) is 22.8 Å². The van der Waals surface area contributed by atoms with Crippen molar-refractivity contribution < 1.29 is 9.21 Å². The molecule has 1 N–H and O–H groups in total. The molecule has 0 aliphatic carbocycles. The zero-order chi connectivity index (χ0) is 19.6. The molecule has 6 nitrogen and oxygen atoms in total. The Morgan fingerprint density at radius 2 is 2.11 bits per heavy atom. The summed E-state index contributed by atoms with van der Waals surface area (Å²) in [6, 6.07) is 7.71. The van der Waals surface area contributed by atoms with E-state index in [2.05, 4.69) is 31.4 Å². The van der Waals surface area contributed by atoms with Gasteiger partial charge in [-0.05, 0) is 67.4 Å². The van der Waals surface area contributed by atoms with Gasteiger partial charge in [-0.3, -0.25) is 4.79 Å². The number of rotatable bonds is 6. The molecule has 0 aliphatic rings. The van der Waals surface area contributed by atoms with Crippen molar-refractivity contribution in [2.24, 2.45) is 0 Å². The third-order valence-electron chi connectivity index (χ3n) is 4.17. The molecule has 2 aromatic heterocycles. The second-order valence-electron chi connectivity index (χ2n) is 6.17. The van der Waals surface area contributed by atoms with Gasteiger partial charge >= 0.3 is 0 Å². The van der Waals surface area contributed by atoms with Gasteiger partial charge in [-0.15, -0.1) is 10.2 Å². The van der Waals surface area contributed by atoms with Gasteiger partial charge in [-0.1, -0.05) is 17.8 Å². The predicted molar refractivity (Wildman–Crippen MR) is 111 cm³/mol. The number of carbonyl (C=O) groups is 1. The van der Waals surface area contributed by atoms with Crippen molar-refractivity contribution in [3.8, 4) is 11.4 Å². The number of carbonyl (C=O) groups excluding carboxylic acids is 1. The van der Waals surface area contributed by atoms with Crippen molar-refractivity contribution in [1.82, 2.24) is 14.8 Å². The molecule has 1 amide bonds. The summed E-state index contributed by atoms with van der Waals surface area (Å²) in [6.07, 6.45) is 1.64. The Bertz CT molecular complexity index is 967. The lowest BCUT2D eigenvalue weighted by molar-refractivity contribution is -0.115. The first-order chi connectivity index (χ1) is 12.9. The third kappa shape index (κ3) is 4.27. The third-order valence-corrected chi connectivity index (χ3v) is 5.90. The molecule has 1 unspecified atom stereocenters. The first-order valence-corrected chi connectivity index (χ1v) is 10.3.